The monoisotopic (exact) mass is 276 g/mol. The van der Waals surface area contributed by atoms with Crippen molar-refractivity contribution < 1.29 is 9.53 Å². The summed E-state index contributed by atoms with van der Waals surface area (Å²) in [6, 6.07) is 8.10. The van der Waals surface area contributed by atoms with Crippen molar-refractivity contribution in [3.05, 3.63) is 35.4 Å². The van der Waals surface area contributed by atoms with Gasteiger partial charge in [0.1, 0.15) is 0 Å². The second-order valence-electron chi connectivity index (χ2n) is 5.37. The Morgan fingerprint density at radius 3 is 2.75 bits per heavy atom. The van der Waals surface area contributed by atoms with Gasteiger partial charge in [-0.2, -0.15) is 0 Å². The highest BCUT2D eigenvalue weighted by molar-refractivity contribution is 5.79. The highest BCUT2D eigenvalue weighted by Gasteiger charge is 2.29. The van der Waals surface area contributed by atoms with E-state index in [1.54, 1.807) is 0 Å². The quantitative estimate of drug-likeness (QED) is 0.831. The number of benzene rings is 1. The molecule has 1 fully saturated rings. The molecule has 1 aliphatic heterocycles. The summed E-state index contributed by atoms with van der Waals surface area (Å²) in [6.45, 7) is 7.69. The van der Waals surface area contributed by atoms with Crippen LogP contribution in [0.25, 0.3) is 0 Å². The zero-order valence-corrected chi connectivity index (χ0v) is 12.3. The largest absolute Gasteiger partial charge is 0.377 e. The van der Waals surface area contributed by atoms with Gasteiger partial charge in [-0.1, -0.05) is 31.2 Å². The van der Waals surface area contributed by atoms with Crippen LogP contribution in [0, 0.1) is 11.8 Å². The fraction of sp³-hybridized carbons (Fsp3) is 0.562. The Hall–Kier alpha value is -1.39. The summed E-state index contributed by atoms with van der Waals surface area (Å²) in [5.41, 5.74) is 2.28. The average Bonchev–Trinajstić information content (AvgIpc) is 2.89. The maximum atomic E-state index is 12.2. The fourth-order valence-corrected chi connectivity index (χ4v) is 2.56. The third-order valence-corrected chi connectivity index (χ3v) is 3.89. The normalized spacial score (nSPS) is 21.9. The van der Waals surface area contributed by atoms with Crippen molar-refractivity contribution in [3.63, 3.8) is 0 Å². The number of ether oxygens (including phenoxy) is 1. The van der Waals surface area contributed by atoms with Gasteiger partial charge in [0, 0.05) is 19.7 Å². The van der Waals surface area contributed by atoms with E-state index in [1.165, 1.54) is 0 Å². The van der Waals surface area contributed by atoms with E-state index in [4.69, 9.17) is 4.74 Å². The first-order valence-corrected chi connectivity index (χ1v) is 7.35. The minimum atomic E-state index is 0.0917. The highest BCUT2D eigenvalue weighted by atomic mass is 16.5. The molecule has 0 aromatic heterocycles. The van der Waals surface area contributed by atoms with Gasteiger partial charge in [0.2, 0.25) is 5.91 Å². The molecule has 1 heterocycles. The lowest BCUT2D eigenvalue weighted by Crippen LogP contribution is -2.34. The first-order chi connectivity index (χ1) is 9.72. The number of rotatable bonds is 6. The molecule has 0 saturated carbocycles. The van der Waals surface area contributed by atoms with E-state index < -0.39 is 0 Å². The summed E-state index contributed by atoms with van der Waals surface area (Å²) in [5, 5.41) is 6.31. The molecule has 0 radical (unpaired) electrons. The number of amides is 1. The van der Waals surface area contributed by atoms with E-state index in [-0.39, 0.29) is 11.8 Å². The lowest BCUT2D eigenvalue weighted by molar-refractivity contribution is -0.125. The average molecular weight is 276 g/mol. The zero-order chi connectivity index (χ0) is 14.4. The van der Waals surface area contributed by atoms with Gasteiger partial charge in [-0.3, -0.25) is 4.79 Å². The SMILES string of the molecule is CCOCc1ccccc1CNC(=O)C1CNCC1C. The van der Waals surface area contributed by atoms with E-state index in [0.717, 1.165) is 24.2 Å². The third kappa shape index (κ3) is 3.81. The molecule has 2 atom stereocenters. The first kappa shape index (κ1) is 15.0. The molecule has 2 unspecified atom stereocenters. The molecule has 4 nitrogen and oxygen atoms in total. The van der Waals surface area contributed by atoms with E-state index >= 15 is 0 Å². The molecular weight excluding hydrogens is 252 g/mol. The lowest BCUT2D eigenvalue weighted by Gasteiger charge is -2.15. The minimum absolute atomic E-state index is 0.0917. The second-order valence-corrected chi connectivity index (χ2v) is 5.37. The summed E-state index contributed by atoms with van der Waals surface area (Å²) in [4.78, 5) is 12.2. The molecule has 2 N–H and O–H groups in total. The smallest absolute Gasteiger partial charge is 0.224 e. The molecule has 1 aromatic rings. The molecule has 2 rings (SSSR count). The predicted octanol–water partition coefficient (Wildman–Crippen LogP) is 1.69. The summed E-state index contributed by atoms with van der Waals surface area (Å²) in [6.07, 6.45) is 0. The van der Waals surface area contributed by atoms with E-state index in [1.807, 2.05) is 25.1 Å². The van der Waals surface area contributed by atoms with Gasteiger partial charge in [-0.15, -0.1) is 0 Å². The molecule has 4 heteroatoms. The molecule has 1 aromatic carbocycles. The Morgan fingerprint density at radius 1 is 1.35 bits per heavy atom. The Bertz CT molecular complexity index is 448. The molecule has 110 valence electrons. The van der Waals surface area contributed by atoms with Crippen LogP contribution >= 0.6 is 0 Å². The van der Waals surface area contributed by atoms with Crippen molar-refractivity contribution in [1.29, 1.82) is 0 Å². The van der Waals surface area contributed by atoms with Gasteiger partial charge in [0.25, 0.3) is 0 Å². The molecule has 20 heavy (non-hydrogen) atoms. The van der Waals surface area contributed by atoms with Crippen LogP contribution in [0.5, 0.6) is 0 Å². The molecule has 1 saturated heterocycles. The van der Waals surface area contributed by atoms with Gasteiger partial charge in [0.15, 0.2) is 0 Å². The lowest BCUT2D eigenvalue weighted by atomic mass is 9.97. The van der Waals surface area contributed by atoms with Gasteiger partial charge in [0.05, 0.1) is 12.5 Å². The fourth-order valence-electron chi connectivity index (χ4n) is 2.56. The predicted molar refractivity (Wildman–Crippen MR) is 79.1 cm³/mol. The molecule has 1 aliphatic rings. The van der Waals surface area contributed by atoms with E-state index in [9.17, 15) is 4.79 Å². The molecule has 1 amide bonds. The third-order valence-electron chi connectivity index (χ3n) is 3.89. The summed E-state index contributed by atoms with van der Waals surface area (Å²) in [7, 11) is 0. The maximum absolute atomic E-state index is 12.2. The standard InChI is InChI=1S/C16H24N2O2/c1-3-20-11-14-7-5-4-6-13(14)9-18-16(19)15-10-17-8-12(15)2/h4-7,12,15,17H,3,8-11H2,1-2H3,(H,18,19). The second kappa shape index (κ2) is 7.41. The number of nitrogens with one attached hydrogen (secondary N) is 2. The van der Waals surface area contributed by atoms with Crippen molar-refractivity contribution in [2.24, 2.45) is 11.8 Å². The van der Waals surface area contributed by atoms with Crippen LogP contribution < -0.4 is 10.6 Å². The van der Waals surface area contributed by atoms with Crippen molar-refractivity contribution in [2.75, 3.05) is 19.7 Å². The maximum Gasteiger partial charge on any atom is 0.224 e. The molecule has 0 bridgehead atoms. The Labute approximate surface area is 120 Å². The van der Waals surface area contributed by atoms with Crippen LogP contribution in [0.1, 0.15) is 25.0 Å². The number of hydrogen-bond acceptors (Lipinski definition) is 3. The van der Waals surface area contributed by atoms with Crippen LogP contribution in [0.2, 0.25) is 0 Å². The zero-order valence-electron chi connectivity index (χ0n) is 12.3. The highest BCUT2D eigenvalue weighted by Crippen LogP contribution is 2.16. The molecule has 0 spiro atoms. The van der Waals surface area contributed by atoms with Crippen molar-refractivity contribution in [2.45, 2.75) is 27.0 Å². The Balaban J connectivity index is 1.91. The van der Waals surface area contributed by atoms with Crippen molar-refractivity contribution >= 4 is 5.91 Å². The Morgan fingerprint density at radius 2 is 2.10 bits per heavy atom. The summed E-state index contributed by atoms with van der Waals surface area (Å²) in [5.74, 6) is 0.649. The van der Waals surface area contributed by atoms with Crippen molar-refractivity contribution in [3.8, 4) is 0 Å². The summed E-state index contributed by atoms with van der Waals surface area (Å²) >= 11 is 0. The van der Waals surface area contributed by atoms with Crippen LogP contribution in [-0.4, -0.2) is 25.6 Å². The van der Waals surface area contributed by atoms with E-state index in [2.05, 4.69) is 23.6 Å². The van der Waals surface area contributed by atoms with Crippen LogP contribution in [-0.2, 0) is 22.7 Å². The van der Waals surface area contributed by atoms with Crippen molar-refractivity contribution in [1.82, 2.24) is 10.6 Å². The topological polar surface area (TPSA) is 50.4 Å². The van der Waals surface area contributed by atoms with Gasteiger partial charge >= 0.3 is 0 Å². The van der Waals surface area contributed by atoms with E-state index in [0.29, 0.717) is 25.7 Å². The Kier molecular flexibility index (Phi) is 5.56. The molecule has 0 aliphatic carbocycles. The van der Waals surface area contributed by atoms with Crippen LogP contribution in [0.4, 0.5) is 0 Å². The summed E-state index contributed by atoms with van der Waals surface area (Å²) < 4.78 is 5.46. The number of carbonyl (C=O) groups is 1. The van der Waals surface area contributed by atoms with Gasteiger partial charge in [-0.25, -0.2) is 0 Å². The van der Waals surface area contributed by atoms with Crippen LogP contribution in [0.15, 0.2) is 24.3 Å². The van der Waals surface area contributed by atoms with Gasteiger partial charge < -0.3 is 15.4 Å². The number of hydrogen-bond donors (Lipinski definition) is 2. The minimum Gasteiger partial charge on any atom is -0.377 e. The van der Waals surface area contributed by atoms with Crippen LogP contribution in [0.3, 0.4) is 0 Å². The number of carbonyl (C=O) groups excluding carboxylic acids is 1. The van der Waals surface area contributed by atoms with Gasteiger partial charge in [-0.05, 0) is 30.5 Å². The molecular formula is C16H24N2O2. The first-order valence-electron chi connectivity index (χ1n) is 7.35.